The Morgan fingerprint density at radius 3 is 1.27 bits per heavy atom. The highest BCUT2D eigenvalue weighted by atomic mass is 16.5. The molecule has 0 bridgehead atoms. The van der Waals surface area contributed by atoms with Gasteiger partial charge in [-0.1, -0.05) is 27.7 Å². The summed E-state index contributed by atoms with van der Waals surface area (Å²) < 4.78 is 11.4. The number of morpholine rings is 2. The molecule has 4 aromatic heterocycles. The summed E-state index contributed by atoms with van der Waals surface area (Å²) in [4.78, 5) is 102. The number of hydrogen-bond acceptors (Lipinski definition) is 19. The highest BCUT2D eigenvalue weighted by Crippen LogP contribution is 2.32. The number of pyridine rings is 1. The molecule has 0 spiro atoms. The van der Waals surface area contributed by atoms with Crippen LogP contribution in [-0.4, -0.2) is 184 Å². The van der Waals surface area contributed by atoms with Crippen molar-refractivity contribution in [2.24, 2.45) is 11.8 Å². The van der Waals surface area contributed by atoms with E-state index in [9.17, 15) is 19.2 Å². The molecule has 25 nitrogen and oxygen atoms in total. The Balaban J connectivity index is 1.01. The molecule has 4 aliphatic heterocycles. The van der Waals surface area contributed by atoms with Gasteiger partial charge in [-0.3, -0.25) is 14.6 Å². The van der Waals surface area contributed by atoms with E-state index in [4.69, 9.17) is 39.4 Å². The second kappa shape index (κ2) is 25.4. The number of amides is 6. The normalized spacial score (nSPS) is 16.3. The van der Waals surface area contributed by atoms with Crippen LogP contribution in [0.25, 0.3) is 22.8 Å². The van der Waals surface area contributed by atoms with E-state index >= 15 is 0 Å². The van der Waals surface area contributed by atoms with Gasteiger partial charge < -0.3 is 49.5 Å². The minimum atomic E-state index is -0.706. The molecule has 4 fully saturated rings. The van der Waals surface area contributed by atoms with Crippen molar-refractivity contribution in [3.63, 3.8) is 0 Å². The van der Waals surface area contributed by atoms with Crippen LogP contribution in [-0.2, 0) is 19.1 Å². The van der Waals surface area contributed by atoms with Crippen molar-refractivity contribution in [1.82, 2.24) is 54.9 Å². The van der Waals surface area contributed by atoms with Crippen molar-refractivity contribution in [2.45, 2.75) is 40.5 Å². The zero-order chi connectivity index (χ0) is 55.5. The molecule has 2 N–H and O–H groups in total. The highest BCUT2D eigenvalue weighted by Gasteiger charge is 2.32. The largest absolute Gasteiger partial charge is 0.378 e. The first-order valence-electron chi connectivity index (χ1n) is 27.3. The molecule has 0 unspecified atom stereocenters. The summed E-state index contributed by atoms with van der Waals surface area (Å²) >= 11 is 0. The van der Waals surface area contributed by atoms with Crippen molar-refractivity contribution < 1.29 is 28.7 Å². The number of aromatic nitrogens is 9. The van der Waals surface area contributed by atoms with Gasteiger partial charge >= 0.3 is 12.1 Å². The van der Waals surface area contributed by atoms with Gasteiger partial charge in [0.05, 0.1) is 67.8 Å². The molecule has 6 aromatic rings. The Kier molecular flexibility index (Phi) is 17.3. The van der Waals surface area contributed by atoms with Crippen molar-refractivity contribution >= 4 is 70.4 Å². The zero-order valence-electron chi connectivity index (χ0n) is 45.6. The Morgan fingerprint density at radius 2 is 0.887 bits per heavy atom. The lowest BCUT2D eigenvalue weighted by Crippen LogP contribution is -2.54. The molecule has 418 valence electrons. The van der Waals surface area contributed by atoms with Crippen LogP contribution in [0.5, 0.6) is 0 Å². The lowest BCUT2D eigenvalue weighted by molar-refractivity contribution is -0.134. The molecule has 10 rings (SSSR count). The SMILES string of the molecule is CC(C)C(=O)N1CCCN(c2nc(-c3ccc(N(C(=O)Nc4cccnc4)N(C(=O)Nc4ccnnc4)c4ccc(-c5nc(N6CCOCC6)nc(N6CCCN(C(=O)C(C)C)CC6)n5)cc4)cc3)nc(N3CCOCC3)n2)CC1. The van der Waals surface area contributed by atoms with Gasteiger partial charge in [0.1, 0.15) is 0 Å². The van der Waals surface area contributed by atoms with E-state index in [-0.39, 0.29) is 23.7 Å². The number of rotatable bonds is 12. The van der Waals surface area contributed by atoms with E-state index in [1.54, 1.807) is 72.9 Å². The second-order valence-corrected chi connectivity index (χ2v) is 20.3. The van der Waals surface area contributed by atoms with Crippen LogP contribution >= 0.6 is 0 Å². The quantitative estimate of drug-likeness (QED) is 0.147. The number of ether oxygens (including phenoxy) is 2. The van der Waals surface area contributed by atoms with E-state index < -0.39 is 12.1 Å². The third-order valence-electron chi connectivity index (χ3n) is 14.1. The predicted octanol–water partition coefficient (Wildman–Crippen LogP) is 5.33. The van der Waals surface area contributed by atoms with Crippen molar-refractivity contribution in [2.75, 3.05) is 145 Å². The fourth-order valence-electron chi connectivity index (χ4n) is 9.77. The molecular weight excluding hydrogens is 1020 g/mol. The maximum atomic E-state index is 15.0. The summed E-state index contributed by atoms with van der Waals surface area (Å²) in [6.07, 6.45) is 7.46. The Hall–Kier alpha value is -8.71. The number of carbonyl (C=O) groups is 4. The van der Waals surface area contributed by atoms with Crippen LogP contribution in [0, 0.1) is 11.8 Å². The summed E-state index contributed by atoms with van der Waals surface area (Å²) in [6.45, 7) is 16.9. The molecule has 0 aliphatic carbocycles. The second-order valence-electron chi connectivity index (χ2n) is 20.3. The number of hydrogen-bond donors (Lipinski definition) is 2. The number of nitrogens with zero attached hydrogens (tertiary/aromatic N) is 17. The molecule has 0 radical (unpaired) electrons. The number of urea groups is 2. The number of benzene rings is 2. The van der Waals surface area contributed by atoms with Crippen LogP contribution < -0.4 is 40.3 Å². The minimum Gasteiger partial charge on any atom is -0.378 e. The third-order valence-corrected chi connectivity index (χ3v) is 14.1. The lowest BCUT2D eigenvalue weighted by Gasteiger charge is -2.34. The van der Waals surface area contributed by atoms with Crippen molar-refractivity contribution in [1.29, 1.82) is 0 Å². The summed E-state index contributed by atoms with van der Waals surface area (Å²) in [7, 11) is 0. The summed E-state index contributed by atoms with van der Waals surface area (Å²) in [5.74, 6) is 2.82. The molecule has 2 aromatic carbocycles. The molecule has 80 heavy (non-hydrogen) atoms. The molecule has 4 aliphatic rings. The average Bonchev–Trinajstić information content (AvgIpc) is 3.92. The molecular formula is C55H67N19O6. The number of hydrazine groups is 1. The Labute approximate surface area is 464 Å². The van der Waals surface area contributed by atoms with Crippen LogP contribution in [0.15, 0.2) is 91.5 Å². The fourth-order valence-corrected chi connectivity index (χ4v) is 9.77. The first kappa shape index (κ1) is 54.6. The van der Waals surface area contributed by atoms with E-state index in [0.29, 0.717) is 174 Å². The van der Waals surface area contributed by atoms with Gasteiger partial charge in [-0.05, 0) is 79.6 Å². The Morgan fingerprint density at radius 1 is 0.463 bits per heavy atom. The number of nitrogens with one attached hydrogen (secondary N) is 2. The van der Waals surface area contributed by atoms with Gasteiger partial charge in [-0.25, -0.2) is 9.59 Å². The van der Waals surface area contributed by atoms with Gasteiger partial charge in [0.15, 0.2) is 11.6 Å². The van der Waals surface area contributed by atoms with Crippen LogP contribution in [0.4, 0.5) is 56.1 Å². The van der Waals surface area contributed by atoms with Gasteiger partial charge in [0.2, 0.25) is 35.6 Å². The van der Waals surface area contributed by atoms with E-state index in [1.165, 1.54) is 28.6 Å². The summed E-state index contributed by atoms with van der Waals surface area (Å²) in [5.41, 5.74) is 2.57. The smallest absolute Gasteiger partial charge is 0.345 e. The minimum absolute atomic E-state index is 0.108. The van der Waals surface area contributed by atoms with Crippen LogP contribution in [0.1, 0.15) is 40.5 Å². The van der Waals surface area contributed by atoms with E-state index in [0.717, 1.165) is 12.8 Å². The molecule has 6 amide bonds. The van der Waals surface area contributed by atoms with Gasteiger partial charge in [-0.2, -0.15) is 50.1 Å². The first-order valence-corrected chi connectivity index (χ1v) is 27.3. The third kappa shape index (κ3) is 13.1. The Bertz CT molecular complexity index is 2870. The summed E-state index contributed by atoms with van der Waals surface area (Å²) in [5, 5.41) is 16.1. The number of carbonyl (C=O) groups excluding carboxylic acids is 4. The first-order chi connectivity index (χ1) is 38.9. The lowest BCUT2D eigenvalue weighted by atomic mass is 10.1. The molecule has 0 atom stereocenters. The fraction of sp³-hybridized carbons (Fsp3) is 0.436. The maximum Gasteiger partial charge on any atom is 0.345 e. The highest BCUT2D eigenvalue weighted by molar-refractivity contribution is 6.13. The maximum absolute atomic E-state index is 15.0. The zero-order valence-corrected chi connectivity index (χ0v) is 45.6. The predicted molar refractivity (Wildman–Crippen MR) is 302 cm³/mol. The average molecular weight is 1090 g/mol. The van der Waals surface area contributed by atoms with E-state index in [1.807, 2.05) is 37.5 Å². The van der Waals surface area contributed by atoms with Crippen LogP contribution in [0.2, 0.25) is 0 Å². The van der Waals surface area contributed by atoms with Crippen LogP contribution in [0.3, 0.4) is 0 Å². The number of anilines is 8. The van der Waals surface area contributed by atoms with Gasteiger partial charge in [-0.15, -0.1) is 0 Å². The monoisotopic (exact) mass is 1090 g/mol. The van der Waals surface area contributed by atoms with E-state index in [2.05, 4.69) is 45.4 Å². The van der Waals surface area contributed by atoms with Crippen molar-refractivity contribution in [3.8, 4) is 22.8 Å². The molecule has 0 saturated carbocycles. The standard InChI is InChI=1S/C55H67N19O6/c1-38(2)48(75)67-20-6-22-69(26-24-67)50-61-46(63-52(65-50)71-28-32-79-33-29-71)40-9-13-44(14-10-40)73(54(77)59-42-8-5-18-56-36-42)74(55(78)60-43-17-19-57-58-37-43)45-15-11-41(12-16-45)47-62-51(66-53(64-47)72-30-34-80-35-31-72)70-23-7-21-68(25-27-70)49(76)39(3)4/h5,8-19,36-39H,6-7,20-35H2,1-4H3,(H,59,77)(H,57,60,78). The van der Waals surface area contributed by atoms with Gasteiger partial charge in [0, 0.05) is 108 Å². The molecule has 4 saturated heterocycles. The van der Waals surface area contributed by atoms with Gasteiger partial charge in [0.25, 0.3) is 0 Å². The molecule has 25 heteroatoms. The van der Waals surface area contributed by atoms with Crippen molar-refractivity contribution in [3.05, 3.63) is 91.5 Å². The summed E-state index contributed by atoms with van der Waals surface area (Å²) in [6, 6.07) is 17.7. The molecule has 8 heterocycles. The topological polar surface area (TPSA) is 253 Å².